The van der Waals surface area contributed by atoms with E-state index in [4.69, 9.17) is 4.42 Å². The van der Waals surface area contributed by atoms with E-state index in [2.05, 4.69) is 20.4 Å². The predicted octanol–water partition coefficient (Wildman–Crippen LogP) is 4.45. The molecule has 2 heterocycles. The number of aryl methyl sites for hydroxylation is 2. The zero-order chi connectivity index (χ0) is 18.7. The van der Waals surface area contributed by atoms with E-state index in [9.17, 15) is 9.59 Å². The van der Waals surface area contributed by atoms with Gasteiger partial charge in [0.15, 0.2) is 10.8 Å². The maximum atomic E-state index is 12.5. The van der Waals surface area contributed by atoms with Crippen molar-refractivity contribution in [3.63, 3.8) is 0 Å². The summed E-state index contributed by atoms with van der Waals surface area (Å²) >= 11 is 1.28. The lowest BCUT2D eigenvalue weighted by Crippen LogP contribution is -2.12. The number of ether oxygens (including phenoxy) is 1. The van der Waals surface area contributed by atoms with Crippen LogP contribution in [-0.2, 0) is 4.74 Å². The van der Waals surface area contributed by atoms with Gasteiger partial charge in [-0.3, -0.25) is 10.1 Å². The highest BCUT2D eigenvalue weighted by Crippen LogP contribution is 2.29. The Kier molecular flexibility index (Phi) is 5.04. The number of rotatable bonds is 4. The van der Waals surface area contributed by atoms with Crippen LogP contribution in [0.4, 0.5) is 16.2 Å². The highest BCUT2D eigenvalue weighted by Gasteiger charge is 2.18. The van der Waals surface area contributed by atoms with Crippen LogP contribution in [0.2, 0.25) is 0 Å². The van der Waals surface area contributed by atoms with Gasteiger partial charge in [0.25, 0.3) is 5.91 Å². The summed E-state index contributed by atoms with van der Waals surface area (Å²) < 4.78 is 10.1. The van der Waals surface area contributed by atoms with Crippen LogP contribution in [0.25, 0.3) is 10.8 Å². The molecule has 2 N–H and O–H groups in total. The zero-order valence-corrected chi connectivity index (χ0v) is 15.3. The number of methoxy groups -OCH3 is 1. The van der Waals surface area contributed by atoms with Crippen LogP contribution >= 0.6 is 11.3 Å². The van der Waals surface area contributed by atoms with E-state index >= 15 is 0 Å². The molecule has 7 nitrogen and oxygen atoms in total. The van der Waals surface area contributed by atoms with E-state index in [-0.39, 0.29) is 5.91 Å². The van der Waals surface area contributed by atoms with Crippen LogP contribution in [0.15, 0.2) is 40.8 Å². The number of nitrogens with zero attached hydrogens (tertiary/aromatic N) is 1. The Labute approximate surface area is 154 Å². The van der Waals surface area contributed by atoms with E-state index in [1.54, 1.807) is 31.2 Å². The van der Waals surface area contributed by atoms with Gasteiger partial charge in [-0.15, -0.1) is 11.3 Å². The molecule has 0 radical (unpaired) electrons. The van der Waals surface area contributed by atoms with E-state index in [1.807, 2.05) is 19.1 Å². The molecule has 0 bridgehead atoms. The van der Waals surface area contributed by atoms with Gasteiger partial charge >= 0.3 is 6.09 Å². The molecule has 134 valence electrons. The molecule has 0 saturated heterocycles. The van der Waals surface area contributed by atoms with Crippen LogP contribution in [0.5, 0.6) is 0 Å². The highest BCUT2D eigenvalue weighted by molar-refractivity contribution is 7.17. The lowest BCUT2D eigenvalue weighted by molar-refractivity contribution is 0.102. The zero-order valence-electron chi connectivity index (χ0n) is 14.5. The van der Waals surface area contributed by atoms with E-state index in [0.717, 1.165) is 5.76 Å². The summed E-state index contributed by atoms with van der Waals surface area (Å²) in [5, 5.41) is 6.03. The minimum Gasteiger partial charge on any atom is -0.459 e. The summed E-state index contributed by atoms with van der Waals surface area (Å²) in [5.74, 6) is 1.19. The number of nitrogens with one attached hydrogen (secondary N) is 2. The summed E-state index contributed by atoms with van der Waals surface area (Å²) in [7, 11) is 1.29. The third-order valence-corrected chi connectivity index (χ3v) is 4.70. The largest absolute Gasteiger partial charge is 0.459 e. The second-order valence-corrected chi connectivity index (χ2v) is 6.49. The Balaban J connectivity index is 1.72. The number of amides is 2. The quantitative estimate of drug-likeness (QED) is 0.707. The molecule has 3 rings (SSSR count). The molecule has 0 aliphatic rings. The molecule has 8 heteroatoms. The molecule has 2 amide bonds. The molecule has 26 heavy (non-hydrogen) atoms. The summed E-state index contributed by atoms with van der Waals surface area (Å²) in [6.45, 7) is 3.64. The number of hydrogen-bond acceptors (Lipinski definition) is 6. The second-order valence-electron chi connectivity index (χ2n) is 5.49. The number of furan rings is 1. The van der Waals surface area contributed by atoms with Gasteiger partial charge in [0.2, 0.25) is 0 Å². The van der Waals surface area contributed by atoms with Gasteiger partial charge in [-0.1, -0.05) is 0 Å². The number of benzene rings is 1. The molecule has 0 fully saturated rings. The average Bonchev–Trinajstić information content (AvgIpc) is 3.22. The fourth-order valence-electron chi connectivity index (χ4n) is 2.26. The van der Waals surface area contributed by atoms with Gasteiger partial charge in [0, 0.05) is 11.4 Å². The molecule has 0 spiro atoms. The average molecular weight is 371 g/mol. The highest BCUT2D eigenvalue weighted by atomic mass is 32.1. The SMILES string of the molecule is COC(=O)Nc1ccc(NC(=O)c2sc(-c3ccc(C)o3)nc2C)cc1. The number of thiazole rings is 1. The number of carbonyl (C=O) groups excluding carboxylic acids is 2. The summed E-state index contributed by atoms with van der Waals surface area (Å²) in [6.07, 6.45) is -0.553. The normalized spacial score (nSPS) is 10.4. The number of anilines is 2. The van der Waals surface area contributed by atoms with E-state index in [1.165, 1.54) is 18.4 Å². The Morgan fingerprint density at radius 2 is 1.69 bits per heavy atom. The van der Waals surface area contributed by atoms with Crippen LogP contribution in [0.1, 0.15) is 21.1 Å². The molecule has 0 atom stereocenters. The Hall–Kier alpha value is -3.13. The van der Waals surface area contributed by atoms with Gasteiger partial charge in [0.05, 0.1) is 12.8 Å². The smallest absolute Gasteiger partial charge is 0.411 e. The Morgan fingerprint density at radius 3 is 2.27 bits per heavy atom. The maximum absolute atomic E-state index is 12.5. The minimum absolute atomic E-state index is 0.247. The van der Waals surface area contributed by atoms with Crippen molar-refractivity contribution >= 4 is 34.7 Å². The van der Waals surface area contributed by atoms with Crippen LogP contribution in [-0.4, -0.2) is 24.1 Å². The second kappa shape index (κ2) is 7.40. The number of hydrogen-bond donors (Lipinski definition) is 2. The first-order valence-electron chi connectivity index (χ1n) is 7.77. The summed E-state index contributed by atoms with van der Waals surface area (Å²) in [5.41, 5.74) is 1.81. The summed E-state index contributed by atoms with van der Waals surface area (Å²) in [4.78, 5) is 28.6. The van der Waals surface area contributed by atoms with Gasteiger partial charge < -0.3 is 14.5 Å². The lowest BCUT2D eigenvalue weighted by Gasteiger charge is -2.06. The van der Waals surface area contributed by atoms with Crippen molar-refractivity contribution in [2.45, 2.75) is 13.8 Å². The lowest BCUT2D eigenvalue weighted by atomic mass is 10.2. The van der Waals surface area contributed by atoms with Gasteiger partial charge in [0.1, 0.15) is 10.6 Å². The van der Waals surface area contributed by atoms with Gasteiger partial charge in [-0.05, 0) is 50.2 Å². The molecular weight excluding hydrogens is 354 g/mol. The number of carbonyl (C=O) groups is 2. The van der Waals surface area contributed by atoms with E-state index < -0.39 is 6.09 Å². The molecule has 0 aliphatic carbocycles. The monoisotopic (exact) mass is 371 g/mol. The van der Waals surface area contributed by atoms with Crippen molar-refractivity contribution in [2.75, 3.05) is 17.7 Å². The molecule has 0 unspecified atom stereocenters. The first-order valence-corrected chi connectivity index (χ1v) is 8.58. The van der Waals surface area contributed by atoms with Gasteiger partial charge in [-0.2, -0.15) is 0 Å². The van der Waals surface area contributed by atoms with Crippen LogP contribution in [0.3, 0.4) is 0 Å². The van der Waals surface area contributed by atoms with Crippen molar-refractivity contribution < 1.29 is 18.7 Å². The number of aromatic nitrogens is 1. The third kappa shape index (κ3) is 3.92. The molecular formula is C18H17N3O4S. The van der Waals surface area contributed by atoms with Crippen molar-refractivity contribution in [1.82, 2.24) is 4.98 Å². The molecule has 1 aromatic carbocycles. The van der Waals surface area contributed by atoms with Crippen molar-refractivity contribution in [3.8, 4) is 10.8 Å². The standard InChI is InChI=1S/C18H17N3O4S/c1-10-4-9-14(25-10)17-19-11(2)15(26-17)16(22)20-12-5-7-13(8-6-12)21-18(23)24-3/h4-9H,1-3H3,(H,20,22)(H,21,23). The predicted molar refractivity (Wildman–Crippen MR) is 99.7 cm³/mol. The topological polar surface area (TPSA) is 93.5 Å². The first kappa shape index (κ1) is 17.7. The Bertz CT molecular complexity index is 944. The molecule has 0 saturated carbocycles. The Morgan fingerprint density at radius 1 is 1.04 bits per heavy atom. The molecule has 3 aromatic rings. The third-order valence-electron chi connectivity index (χ3n) is 3.53. The van der Waals surface area contributed by atoms with Crippen molar-refractivity contribution in [3.05, 3.63) is 52.7 Å². The maximum Gasteiger partial charge on any atom is 0.411 e. The van der Waals surface area contributed by atoms with Crippen molar-refractivity contribution in [2.24, 2.45) is 0 Å². The van der Waals surface area contributed by atoms with Gasteiger partial charge in [-0.25, -0.2) is 9.78 Å². The first-order chi connectivity index (χ1) is 12.5. The van der Waals surface area contributed by atoms with E-state index in [0.29, 0.717) is 32.7 Å². The van der Waals surface area contributed by atoms with Crippen LogP contribution in [0, 0.1) is 13.8 Å². The molecule has 0 aliphatic heterocycles. The minimum atomic E-state index is -0.553. The summed E-state index contributed by atoms with van der Waals surface area (Å²) in [6, 6.07) is 10.4. The fourth-order valence-corrected chi connectivity index (χ4v) is 3.18. The van der Waals surface area contributed by atoms with Crippen molar-refractivity contribution in [1.29, 1.82) is 0 Å². The van der Waals surface area contributed by atoms with Crippen LogP contribution < -0.4 is 10.6 Å². The molecule has 2 aromatic heterocycles. The fraction of sp³-hybridized carbons (Fsp3) is 0.167.